The molecule has 5 heterocycles. The molecule has 0 atom stereocenters. The summed E-state index contributed by atoms with van der Waals surface area (Å²) in [5.41, 5.74) is 5.12. The number of aromatic amines is 2. The first-order valence-electron chi connectivity index (χ1n) is 21.9. The van der Waals surface area contributed by atoms with Gasteiger partial charge >= 0.3 is 0 Å². The number of H-pyrrole nitrogens is 2. The lowest BCUT2D eigenvalue weighted by Crippen LogP contribution is -1.87. The van der Waals surface area contributed by atoms with Gasteiger partial charge in [0.1, 0.15) is 68.6 Å². The summed E-state index contributed by atoms with van der Waals surface area (Å²) in [5, 5.41) is 3.12. The molecule has 322 valence electrons. The predicted octanol–water partition coefficient (Wildman–Crippen LogP) is 14.0. The van der Waals surface area contributed by atoms with Crippen molar-refractivity contribution in [3.8, 4) is 91.5 Å². The second-order valence-corrected chi connectivity index (χ2v) is 16.1. The number of hydrogen-bond acceptors (Lipinski definition) is 10. The predicted molar refractivity (Wildman–Crippen MR) is 262 cm³/mol. The van der Waals surface area contributed by atoms with Crippen LogP contribution in [-0.4, -0.2) is 39.9 Å². The van der Waals surface area contributed by atoms with Crippen molar-refractivity contribution in [3.05, 3.63) is 194 Å². The Morgan fingerprint density at radius 3 is 0.882 bits per heavy atom. The average Bonchev–Trinajstić information content (AvgIpc) is 4.10. The maximum Gasteiger partial charge on any atom is 0.164 e. The summed E-state index contributed by atoms with van der Waals surface area (Å²) in [4.78, 5) is 38.4. The summed E-state index contributed by atoms with van der Waals surface area (Å²) in [7, 11) is 0. The fourth-order valence-electron chi connectivity index (χ4n) is 8.46. The first kappa shape index (κ1) is 38.8. The standard InChI is InChI=1S/C56H34N8O4/c1-5-13-33(14-6-1)65-37-21-25-41-45(29-37)53-58-49(41)57-50-42-26-22-39(67-35-17-9-3-10-18-35)31-47(42)55(59-50)64-56-48-32-40(68-36-19-11-4-12-20-36)24-28-44(48)52(63-56)62-54-46-30-38(66-34-15-7-2-8-16-34)23-27-43(46)51(60-53)61-54/h1-32H,(H2,57,58,59,60,61,62,63,64). The first-order valence-corrected chi connectivity index (χ1v) is 21.9. The van der Waals surface area contributed by atoms with Crippen molar-refractivity contribution in [1.82, 2.24) is 39.9 Å². The van der Waals surface area contributed by atoms with E-state index >= 15 is 0 Å². The van der Waals surface area contributed by atoms with Gasteiger partial charge in [0.05, 0.1) is 0 Å². The molecule has 0 fully saturated rings. The van der Waals surface area contributed by atoms with Crippen LogP contribution in [0.1, 0.15) is 0 Å². The quantitative estimate of drug-likeness (QED) is 0.151. The molecule has 0 spiro atoms. The Hall–Kier alpha value is -9.68. The number of rotatable bonds is 8. The molecule has 0 unspecified atom stereocenters. The van der Waals surface area contributed by atoms with Gasteiger partial charge in [0.25, 0.3) is 0 Å². The fourth-order valence-corrected chi connectivity index (χ4v) is 8.46. The van der Waals surface area contributed by atoms with Crippen molar-refractivity contribution < 1.29 is 18.9 Å². The molecule has 11 aromatic rings. The minimum atomic E-state index is 0.426. The van der Waals surface area contributed by atoms with Crippen molar-refractivity contribution in [2.24, 2.45) is 0 Å². The zero-order valence-electron chi connectivity index (χ0n) is 35.8. The Kier molecular flexibility index (Phi) is 9.17. The molecule has 8 aromatic carbocycles. The molecule has 3 aromatic heterocycles. The molecule has 0 aliphatic carbocycles. The highest BCUT2D eigenvalue weighted by atomic mass is 16.5. The van der Waals surface area contributed by atoms with E-state index in [9.17, 15) is 0 Å². The largest absolute Gasteiger partial charge is 0.457 e. The highest BCUT2D eigenvalue weighted by Gasteiger charge is 2.24. The van der Waals surface area contributed by atoms with Crippen LogP contribution in [0.3, 0.4) is 0 Å². The molecule has 12 nitrogen and oxygen atoms in total. The Bertz CT molecular complexity index is 3920. The lowest BCUT2D eigenvalue weighted by molar-refractivity contribution is 0.482. The van der Waals surface area contributed by atoms with Crippen molar-refractivity contribution in [3.63, 3.8) is 0 Å². The summed E-state index contributed by atoms with van der Waals surface area (Å²) in [6, 6.07) is 62.0. The number of nitrogens with zero attached hydrogens (tertiary/aromatic N) is 6. The van der Waals surface area contributed by atoms with Crippen LogP contribution in [-0.2, 0) is 0 Å². The number of para-hydroxylation sites is 4. The van der Waals surface area contributed by atoms with Crippen molar-refractivity contribution in [2.75, 3.05) is 0 Å². The van der Waals surface area contributed by atoms with Gasteiger partial charge in [-0.05, 0) is 121 Å². The zero-order chi connectivity index (χ0) is 45.0. The molecule has 2 aliphatic heterocycles. The Morgan fingerprint density at radius 2 is 0.529 bits per heavy atom. The van der Waals surface area contributed by atoms with E-state index in [1.807, 2.05) is 194 Å². The Balaban J connectivity index is 1.08. The van der Waals surface area contributed by atoms with Crippen LogP contribution in [0.2, 0.25) is 0 Å². The molecular formula is C56H34N8O4. The molecule has 0 amide bonds. The molecule has 13 rings (SSSR count). The second-order valence-electron chi connectivity index (χ2n) is 16.1. The summed E-state index contributed by atoms with van der Waals surface area (Å²) < 4.78 is 25.4. The third-order valence-corrected chi connectivity index (χ3v) is 11.6. The monoisotopic (exact) mass is 882 g/mol. The molecule has 2 N–H and O–H groups in total. The number of nitrogens with one attached hydrogen (secondary N) is 2. The van der Waals surface area contributed by atoms with E-state index in [0.717, 1.165) is 43.8 Å². The number of aromatic nitrogens is 8. The summed E-state index contributed by atoms with van der Waals surface area (Å²) >= 11 is 0. The van der Waals surface area contributed by atoms with Gasteiger partial charge in [-0.25, -0.2) is 29.9 Å². The van der Waals surface area contributed by atoms with E-state index in [1.165, 1.54) is 0 Å². The van der Waals surface area contributed by atoms with Gasteiger partial charge in [-0.1, -0.05) is 72.8 Å². The molecule has 8 bridgehead atoms. The van der Waals surface area contributed by atoms with Gasteiger partial charge in [-0.15, -0.1) is 0 Å². The number of fused-ring (bicyclic) bond motifs is 20. The normalized spacial score (nSPS) is 11.5. The van der Waals surface area contributed by atoms with Crippen molar-refractivity contribution >= 4 is 44.1 Å². The molecule has 2 aliphatic rings. The van der Waals surface area contributed by atoms with Crippen LogP contribution in [0.15, 0.2) is 194 Å². The number of benzene rings is 8. The topological polar surface area (TPSA) is 146 Å². The van der Waals surface area contributed by atoms with Crippen LogP contribution in [0.5, 0.6) is 46.0 Å². The highest BCUT2D eigenvalue weighted by molar-refractivity contribution is 6.07. The van der Waals surface area contributed by atoms with Gasteiger partial charge in [0.2, 0.25) is 0 Å². The van der Waals surface area contributed by atoms with Crippen LogP contribution >= 0.6 is 0 Å². The van der Waals surface area contributed by atoms with E-state index in [4.69, 9.17) is 48.9 Å². The Morgan fingerprint density at radius 1 is 0.235 bits per heavy atom. The van der Waals surface area contributed by atoms with Gasteiger partial charge < -0.3 is 28.9 Å². The maximum atomic E-state index is 6.34. The highest BCUT2D eigenvalue weighted by Crippen LogP contribution is 2.41. The molecule has 0 radical (unpaired) electrons. The smallest absolute Gasteiger partial charge is 0.164 e. The molecular weight excluding hydrogens is 849 g/mol. The average molecular weight is 883 g/mol. The second kappa shape index (κ2) is 16.1. The fraction of sp³-hybridized carbons (Fsp3) is 0. The summed E-state index contributed by atoms with van der Waals surface area (Å²) in [6.45, 7) is 0. The lowest BCUT2D eigenvalue weighted by atomic mass is 10.1. The Labute approximate surface area is 387 Å². The van der Waals surface area contributed by atoms with Crippen LogP contribution in [0, 0.1) is 0 Å². The van der Waals surface area contributed by atoms with E-state index in [1.54, 1.807) is 0 Å². The van der Waals surface area contributed by atoms with Crippen LogP contribution in [0.25, 0.3) is 89.7 Å². The zero-order valence-corrected chi connectivity index (χ0v) is 35.8. The summed E-state index contributed by atoms with van der Waals surface area (Å²) in [6.07, 6.45) is 0. The van der Waals surface area contributed by atoms with Gasteiger partial charge in [0.15, 0.2) is 23.3 Å². The molecule has 0 saturated heterocycles. The van der Waals surface area contributed by atoms with E-state index in [0.29, 0.717) is 91.9 Å². The third-order valence-electron chi connectivity index (χ3n) is 11.6. The minimum Gasteiger partial charge on any atom is -0.457 e. The van der Waals surface area contributed by atoms with E-state index in [-0.39, 0.29) is 0 Å². The summed E-state index contributed by atoms with van der Waals surface area (Å²) in [5.74, 6) is 7.07. The molecule has 68 heavy (non-hydrogen) atoms. The van der Waals surface area contributed by atoms with Crippen LogP contribution in [0.4, 0.5) is 0 Å². The van der Waals surface area contributed by atoms with Crippen molar-refractivity contribution in [2.45, 2.75) is 0 Å². The van der Waals surface area contributed by atoms with E-state index in [2.05, 4.69) is 9.97 Å². The van der Waals surface area contributed by atoms with Crippen LogP contribution < -0.4 is 18.9 Å². The third kappa shape index (κ3) is 7.24. The lowest BCUT2D eigenvalue weighted by Gasteiger charge is -2.07. The van der Waals surface area contributed by atoms with E-state index < -0.39 is 0 Å². The van der Waals surface area contributed by atoms with Gasteiger partial charge in [0, 0.05) is 43.8 Å². The number of ether oxygens (including phenoxy) is 4. The van der Waals surface area contributed by atoms with Crippen molar-refractivity contribution in [1.29, 1.82) is 0 Å². The maximum absolute atomic E-state index is 6.34. The first-order chi connectivity index (χ1) is 33.6. The molecule has 0 saturated carbocycles. The van der Waals surface area contributed by atoms with Gasteiger partial charge in [-0.2, -0.15) is 0 Å². The minimum absolute atomic E-state index is 0.426. The van der Waals surface area contributed by atoms with Gasteiger partial charge in [-0.3, -0.25) is 0 Å². The SMILES string of the molecule is c1ccc(Oc2ccc3c(c2)-c2nc-3nc3[nH]c(nc4nc(nc5[nH]c(n2)c2ccc(Oc6ccccc6)cc52)-c2cc(Oc5ccccc5)ccc2-4)c2ccc(Oc4ccccc4)cc32)cc1. The molecule has 12 heteroatoms. The number of hydrogen-bond donors (Lipinski definition) is 2.